The van der Waals surface area contributed by atoms with E-state index in [-0.39, 0.29) is 5.60 Å². The molecule has 2 aromatic heterocycles. The van der Waals surface area contributed by atoms with Gasteiger partial charge in [-0.05, 0) is 26.2 Å². The highest BCUT2D eigenvalue weighted by molar-refractivity contribution is 5.53. The maximum atomic E-state index is 6.16. The van der Waals surface area contributed by atoms with Crippen LogP contribution in [0.4, 0.5) is 0 Å². The number of aromatic amines is 1. The molecule has 2 fully saturated rings. The molecule has 1 N–H and O–H groups in total. The second kappa shape index (κ2) is 4.45. The molecular formula is C15H20N4O. The van der Waals surface area contributed by atoms with E-state index in [1.807, 2.05) is 13.1 Å². The minimum absolute atomic E-state index is 0.146. The summed E-state index contributed by atoms with van der Waals surface area (Å²) in [6.45, 7) is 2.83. The van der Waals surface area contributed by atoms with Crippen molar-refractivity contribution in [3.05, 3.63) is 24.4 Å². The third kappa shape index (κ3) is 1.80. The van der Waals surface area contributed by atoms with Crippen molar-refractivity contribution in [1.29, 1.82) is 0 Å². The van der Waals surface area contributed by atoms with E-state index < -0.39 is 0 Å². The van der Waals surface area contributed by atoms with Crippen LogP contribution in [0.3, 0.4) is 0 Å². The Bertz CT molecular complexity index is 609. The quantitative estimate of drug-likeness (QED) is 0.914. The van der Waals surface area contributed by atoms with Gasteiger partial charge >= 0.3 is 0 Å². The number of rotatable bonds is 2. The van der Waals surface area contributed by atoms with Gasteiger partial charge in [-0.25, -0.2) is 9.97 Å². The number of imidazole rings is 2. The van der Waals surface area contributed by atoms with E-state index in [1.54, 1.807) is 6.33 Å². The predicted molar refractivity (Wildman–Crippen MR) is 75.4 cm³/mol. The van der Waals surface area contributed by atoms with Crippen molar-refractivity contribution in [2.75, 3.05) is 6.61 Å². The van der Waals surface area contributed by atoms with Crippen molar-refractivity contribution in [3.8, 4) is 11.5 Å². The average molecular weight is 272 g/mol. The predicted octanol–water partition coefficient (Wildman–Crippen LogP) is 2.86. The molecule has 1 aliphatic heterocycles. The largest absolute Gasteiger partial charge is 0.373 e. The Hall–Kier alpha value is -1.62. The highest BCUT2D eigenvalue weighted by Gasteiger charge is 2.43. The van der Waals surface area contributed by atoms with Gasteiger partial charge in [-0.3, -0.25) is 0 Å². The Morgan fingerprint density at radius 2 is 2.20 bits per heavy atom. The molecule has 20 heavy (non-hydrogen) atoms. The molecule has 1 spiro atoms. The van der Waals surface area contributed by atoms with Gasteiger partial charge < -0.3 is 14.3 Å². The van der Waals surface area contributed by atoms with E-state index in [0.717, 1.165) is 30.2 Å². The van der Waals surface area contributed by atoms with E-state index in [0.29, 0.717) is 6.04 Å². The highest BCUT2D eigenvalue weighted by atomic mass is 16.5. The van der Waals surface area contributed by atoms with Gasteiger partial charge in [0, 0.05) is 18.1 Å². The Morgan fingerprint density at radius 1 is 1.35 bits per heavy atom. The maximum absolute atomic E-state index is 6.16. The van der Waals surface area contributed by atoms with Crippen molar-refractivity contribution < 1.29 is 4.74 Å². The molecule has 0 bridgehead atoms. The molecular weight excluding hydrogens is 252 g/mol. The molecule has 1 saturated carbocycles. The normalized spacial score (nSPS) is 24.8. The van der Waals surface area contributed by atoms with Gasteiger partial charge in [0.2, 0.25) is 0 Å². The summed E-state index contributed by atoms with van der Waals surface area (Å²) in [5.74, 6) is 0.951. The van der Waals surface area contributed by atoms with Gasteiger partial charge in [0.05, 0.1) is 24.6 Å². The number of hydrogen-bond acceptors (Lipinski definition) is 3. The zero-order valence-electron chi connectivity index (χ0n) is 11.8. The summed E-state index contributed by atoms with van der Waals surface area (Å²) in [6, 6.07) is 0.390. The Labute approximate surface area is 118 Å². The van der Waals surface area contributed by atoms with Gasteiger partial charge in [-0.2, -0.15) is 0 Å². The first-order chi connectivity index (χ1) is 9.77. The number of hydrogen-bond donors (Lipinski definition) is 1. The molecule has 1 aliphatic carbocycles. The van der Waals surface area contributed by atoms with Crippen LogP contribution in [0.25, 0.3) is 11.5 Å². The van der Waals surface area contributed by atoms with Crippen molar-refractivity contribution in [3.63, 3.8) is 0 Å². The second-order valence-electron chi connectivity index (χ2n) is 6.09. The van der Waals surface area contributed by atoms with Crippen molar-refractivity contribution in [2.45, 2.75) is 50.7 Å². The summed E-state index contributed by atoms with van der Waals surface area (Å²) in [4.78, 5) is 12.0. The van der Waals surface area contributed by atoms with Crippen LogP contribution in [0.2, 0.25) is 0 Å². The van der Waals surface area contributed by atoms with Crippen LogP contribution in [0, 0.1) is 6.92 Å². The monoisotopic (exact) mass is 272 g/mol. The molecule has 0 radical (unpaired) electrons. The fourth-order valence-electron chi connectivity index (χ4n) is 3.74. The molecule has 5 heteroatoms. The highest BCUT2D eigenvalue weighted by Crippen LogP contribution is 2.45. The average Bonchev–Trinajstić information content (AvgIpc) is 3.19. The molecule has 2 aliphatic rings. The molecule has 2 aromatic rings. The lowest BCUT2D eigenvalue weighted by molar-refractivity contribution is 0.00960. The molecule has 4 rings (SSSR count). The van der Waals surface area contributed by atoms with E-state index in [4.69, 9.17) is 4.74 Å². The number of aryl methyl sites for hydroxylation is 1. The van der Waals surface area contributed by atoms with Gasteiger partial charge in [0.1, 0.15) is 5.69 Å². The van der Waals surface area contributed by atoms with Gasteiger partial charge in [-0.15, -0.1) is 0 Å². The summed E-state index contributed by atoms with van der Waals surface area (Å²) in [5.41, 5.74) is 2.15. The topological polar surface area (TPSA) is 55.7 Å². The summed E-state index contributed by atoms with van der Waals surface area (Å²) in [7, 11) is 0. The van der Waals surface area contributed by atoms with E-state index >= 15 is 0 Å². The number of nitrogens with one attached hydrogen (secondary N) is 1. The van der Waals surface area contributed by atoms with Crippen LogP contribution in [0.15, 0.2) is 18.7 Å². The second-order valence-corrected chi connectivity index (χ2v) is 6.09. The first-order valence-electron chi connectivity index (χ1n) is 7.45. The minimum atomic E-state index is 0.146. The lowest BCUT2D eigenvalue weighted by Gasteiger charge is -2.21. The maximum Gasteiger partial charge on any atom is 0.160 e. The first-order valence-corrected chi connectivity index (χ1v) is 7.45. The summed E-state index contributed by atoms with van der Waals surface area (Å²) in [6.07, 6.45) is 11.8. The third-order valence-electron chi connectivity index (χ3n) is 4.81. The van der Waals surface area contributed by atoms with Crippen LogP contribution < -0.4 is 0 Å². The van der Waals surface area contributed by atoms with Gasteiger partial charge in [0.15, 0.2) is 5.82 Å². The Morgan fingerprint density at radius 3 is 2.95 bits per heavy atom. The molecule has 5 nitrogen and oxygen atoms in total. The van der Waals surface area contributed by atoms with Crippen LogP contribution in [-0.4, -0.2) is 31.7 Å². The van der Waals surface area contributed by atoms with E-state index in [2.05, 4.69) is 25.7 Å². The summed E-state index contributed by atoms with van der Waals surface area (Å²) in [5, 5.41) is 0. The van der Waals surface area contributed by atoms with Crippen molar-refractivity contribution in [1.82, 2.24) is 19.5 Å². The first kappa shape index (κ1) is 12.1. The summed E-state index contributed by atoms with van der Waals surface area (Å²) >= 11 is 0. The number of aromatic nitrogens is 4. The minimum Gasteiger partial charge on any atom is -0.373 e. The zero-order chi connectivity index (χ0) is 13.6. The SMILES string of the molecule is Cc1[nH]cnc1-c1nccn1[C@H]1COC2(CCCC2)C1. The number of nitrogens with zero attached hydrogens (tertiary/aromatic N) is 3. The lowest BCUT2D eigenvalue weighted by atomic mass is 9.96. The third-order valence-corrected chi connectivity index (χ3v) is 4.81. The Balaban J connectivity index is 1.64. The smallest absolute Gasteiger partial charge is 0.160 e. The number of H-pyrrole nitrogens is 1. The molecule has 0 unspecified atom stereocenters. The molecule has 0 amide bonds. The molecule has 1 saturated heterocycles. The molecule has 106 valence electrons. The van der Waals surface area contributed by atoms with Crippen LogP contribution in [0.1, 0.15) is 43.8 Å². The van der Waals surface area contributed by atoms with Gasteiger partial charge in [0.25, 0.3) is 0 Å². The van der Waals surface area contributed by atoms with Crippen molar-refractivity contribution >= 4 is 0 Å². The zero-order valence-corrected chi connectivity index (χ0v) is 11.8. The van der Waals surface area contributed by atoms with E-state index in [1.165, 1.54) is 25.7 Å². The standard InChI is InChI=1S/C15H20N4O/c1-11-13(18-10-17-11)14-16-6-7-19(14)12-8-15(20-9-12)4-2-3-5-15/h6-7,10,12H,2-5,8-9H2,1H3,(H,17,18)/t12-/m1/s1. The Kier molecular flexibility index (Phi) is 2.70. The van der Waals surface area contributed by atoms with E-state index in [9.17, 15) is 0 Å². The summed E-state index contributed by atoms with van der Waals surface area (Å²) < 4.78 is 8.41. The van der Waals surface area contributed by atoms with Crippen LogP contribution in [-0.2, 0) is 4.74 Å². The fourth-order valence-corrected chi connectivity index (χ4v) is 3.74. The molecule has 0 aromatic carbocycles. The molecule has 1 atom stereocenters. The van der Waals surface area contributed by atoms with Gasteiger partial charge in [-0.1, -0.05) is 12.8 Å². The molecule has 3 heterocycles. The fraction of sp³-hybridized carbons (Fsp3) is 0.600. The van der Waals surface area contributed by atoms with Crippen molar-refractivity contribution in [2.24, 2.45) is 0 Å². The lowest BCUT2D eigenvalue weighted by Crippen LogP contribution is -2.23. The number of ether oxygens (including phenoxy) is 1. The van der Waals surface area contributed by atoms with Crippen LogP contribution >= 0.6 is 0 Å². The van der Waals surface area contributed by atoms with Crippen LogP contribution in [0.5, 0.6) is 0 Å².